The molecule has 4 nitrogen and oxygen atoms in total. The van der Waals surface area contributed by atoms with E-state index in [2.05, 4.69) is 19.2 Å². The molecule has 2 saturated carbocycles. The number of rotatable bonds is 5. The van der Waals surface area contributed by atoms with E-state index in [1.807, 2.05) is 12.1 Å². The van der Waals surface area contributed by atoms with Crippen molar-refractivity contribution >= 4 is 5.97 Å². The fraction of sp³-hybridized carbons (Fsp3) is 0.696. The summed E-state index contributed by atoms with van der Waals surface area (Å²) in [5.41, 5.74) is 1.25. The Labute approximate surface area is 166 Å². The molecule has 2 heterocycles. The third-order valence-electron chi connectivity index (χ3n) is 8.17. The van der Waals surface area contributed by atoms with Crippen molar-refractivity contribution in [1.82, 2.24) is 0 Å². The maximum absolute atomic E-state index is 13.0. The highest BCUT2D eigenvalue weighted by molar-refractivity contribution is 5.76. The maximum atomic E-state index is 13.0. The standard InChI is InChI=1S/C23H30FNO3/c1-14-4-3-10-22(2)12-18-19(20-23(14,22)28-20)17(21(26)27-18)13-25-11-9-15-5-7-16(24)8-6-15/h5-8,14,17-20,25H,3-4,9-13H2,1-2H3/p+1/t14-,17+,18+,19+,20-,22+,23-/m0/s1. The van der Waals surface area contributed by atoms with Gasteiger partial charge >= 0.3 is 5.97 Å². The van der Waals surface area contributed by atoms with Crippen LogP contribution < -0.4 is 5.32 Å². The molecule has 0 aromatic heterocycles. The molecule has 2 saturated heterocycles. The van der Waals surface area contributed by atoms with Gasteiger partial charge in [0, 0.05) is 17.8 Å². The molecule has 7 atom stereocenters. The molecule has 1 aromatic carbocycles. The number of nitrogens with two attached hydrogens (primary N) is 1. The van der Waals surface area contributed by atoms with Crippen LogP contribution in [0.4, 0.5) is 4.39 Å². The number of halogens is 1. The van der Waals surface area contributed by atoms with Crippen molar-refractivity contribution in [2.75, 3.05) is 13.1 Å². The molecule has 2 aliphatic carbocycles. The van der Waals surface area contributed by atoms with E-state index >= 15 is 0 Å². The Balaban J connectivity index is 1.23. The minimum absolute atomic E-state index is 0.0211. The van der Waals surface area contributed by atoms with E-state index in [0.717, 1.165) is 31.5 Å². The van der Waals surface area contributed by atoms with Gasteiger partial charge in [-0.05, 0) is 42.9 Å². The summed E-state index contributed by atoms with van der Waals surface area (Å²) in [5, 5.41) is 2.21. The van der Waals surface area contributed by atoms with Crippen LogP contribution >= 0.6 is 0 Å². The maximum Gasteiger partial charge on any atom is 0.315 e. The first-order chi connectivity index (χ1) is 13.4. The van der Waals surface area contributed by atoms with Gasteiger partial charge in [-0.1, -0.05) is 32.4 Å². The second-order valence-corrected chi connectivity index (χ2v) is 9.74. The fourth-order valence-corrected chi connectivity index (χ4v) is 6.72. The van der Waals surface area contributed by atoms with E-state index in [1.165, 1.54) is 31.4 Å². The first kappa shape index (κ1) is 18.6. The summed E-state index contributed by atoms with van der Waals surface area (Å²) in [6.45, 7) is 6.33. The van der Waals surface area contributed by atoms with Crippen molar-refractivity contribution in [3.8, 4) is 0 Å². The zero-order chi connectivity index (χ0) is 19.5. The molecule has 152 valence electrons. The number of hydrogen-bond acceptors (Lipinski definition) is 3. The van der Waals surface area contributed by atoms with Crippen LogP contribution in [0.3, 0.4) is 0 Å². The van der Waals surface area contributed by atoms with Gasteiger partial charge in [-0.15, -0.1) is 0 Å². The third-order valence-corrected chi connectivity index (χ3v) is 8.17. The number of ether oxygens (including phenoxy) is 2. The minimum Gasteiger partial charge on any atom is -0.462 e. The Kier molecular flexibility index (Phi) is 4.33. The Bertz CT molecular complexity index is 768. The highest BCUT2D eigenvalue weighted by Crippen LogP contribution is 2.70. The van der Waals surface area contributed by atoms with Crippen LogP contribution in [0.1, 0.15) is 45.1 Å². The average Bonchev–Trinajstić information content (AvgIpc) is 3.34. The van der Waals surface area contributed by atoms with E-state index in [9.17, 15) is 9.18 Å². The predicted octanol–water partition coefficient (Wildman–Crippen LogP) is 2.46. The largest absolute Gasteiger partial charge is 0.462 e. The fourth-order valence-electron chi connectivity index (χ4n) is 6.72. The zero-order valence-electron chi connectivity index (χ0n) is 16.8. The number of epoxide rings is 1. The molecular formula is C23H31FNO3+. The van der Waals surface area contributed by atoms with Gasteiger partial charge in [-0.2, -0.15) is 0 Å². The predicted molar refractivity (Wildman–Crippen MR) is 102 cm³/mol. The zero-order valence-corrected chi connectivity index (χ0v) is 16.8. The Morgan fingerprint density at radius 1 is 1.29 bits per heavy atom. The molecule has 2 N–H and O–H groups in total. The van der Waals surface area contributed by atoms with Crippen LogP contribution in [0.15, 0.2) is 24.3 Å². The topological polar surface area (TPSA) is 55.4 Å². The summed E-state index contributed by atoms with van der Waals surface area (Å²) in [7, 11) is 0. The van der Waals surface area contributed by atoms with Crippen molar-refractivity contribution in [2.45, 2.75) is 63.8 Å². The van der Waals surface area contributed by atoms with Gasteiger partial charge in [0.25, 0.3) is 0 Å². The summed E-state index contributed by atoms with van der Waals surface area (Å²) in [4.78, 5) is 12.7. The van der Waals surface area contributed by atoms with Gasteiger partial charge in [0.05, 0.1) is 19.2 Å². The Morgan fingerprint density at radius 2 is 2.07 bits per heavy atom. The number of esters is 1. The number of benzene rings is 1. The molecule has 1 spiro atoms. The monoisotopic (exact) mass is 388 g/mol. The lowest BCUT2D eigenvalue weighted by Crippen LogP contribution is -2.86. The number of carbonyl (C=O) groups is 1. The van der Waals surface area contributed by atoms with Crippen LogP contribution in [0.5, 0.6) is 0 Å². The molecule has 2 aliphatic heterocycles. The van der Waals surface area contributed by atoms with Crippen LogP contribution in [0, 0.1) is 29.0 Å². The molecule has 5 rings (SSSR count). The average molecular weight is 389 g/mol. The molecule has 0 bridgehead atoms. The highest BCUT2D eigenvalue weighted by Gasteiger charge is 2.78. The molecule has 0 amide bonds. The molecule has 0 unspecified atom stereocenters. The van der Waals surface area contributed by atoms with Crippen molar-refractivity contribution in [3.63, 3.8) is 0 Å². The second kappa shape index (κ2) is 6.53. The SMILES string of the molecule is C[C@H]1CCC[C@]2(C)C[C@H]3OC(=O)[C@H](C[NH2+]CCc4ccc(F)cc4)[C@H]3[C@@H]3O[C@@]132. The Morgan fingerprint density at radius 3 is 2.86 bits per heavy atom. The number of quaternary nitrogens is 1. The van der Waals surface area contributed by atoms with Gasteiger partial charge in [0.2, 0.25) is 0 Å². The first-order valence-corrected chi connectivity index (χ1v) is 10.9. The minimum atomic E-state index is -0.202. The van der Waals surface area contributed by atoms with E-state index in [1.54, 1.807) is 0 Å². The molecule has 0 radical (unpaired) electrons. The van der Waals surface area contributed by atoms with Gasteiger partial charge in [0.1, 0.15) is 23.4 Å². The molecule has 4 aliphatic rings. The molecule has 1 aromatic rings. The summed E-state index contributed by atoms with van der Waals surface area (Å²) in [6, 6.07) is 6.67. The van der Waals surface area contributed by atoms with Crippen LogP contribution in [0.2, 0.25) is 0 Å². The van der Waals surface area contributed by atoms with E-state index < -0.39 is 0 Å². The lowest BCUT2D eigenvalue weighted by atomic mass is 9.53. The Hall–Kier alpha value is -1.46. The molecule has 5 heteroatoms. The third kappa shape index (κ3) is 2.66. The van der Waals surface area contributed by atoms with Crippen molar-refractivity contribution in [2.24, 2.45) is 23.2 Å². The lowest BCUT2D eigenvalue weighted by molar-refractivity contribution is -0.658. The molecular weight excluding hydrogens is 357 g/mol. The number of carbonyl (C=O) groups excluding carboxylic acids is 1. The molecule has 4 fully saturated rings. The van der Waals surface area contributed by atoms with E-state index in [-0.39, 0.29) is 46.8 Å². The van der Waals surface area contributed by atoms with Crippen LogP contribution in [-0.4, -0.2) is 36.9 Å². The summed E-state index contributed by atoms with van der Waals surface area (Å²) >= 11 is 0. The van der Waals surface area contributed by atoms with Crippen molar-refractivity contribution < 1.29 is 24.0 Å². The van der Waals surface area contributed by atoms with Crippen molar-refractivity contribution in [3.05, 3.63) is 35.6 Å². The van der Waals surface area contributed by atoms with E-state index in [0.29, 0.717) is 5.92 Å². The quantitative estimate of drug-likeness (QED) is 0.479. The highest BCUT2D eigenvalue weighted by atomic mass is 19.1. The summed E-state index contributed by atoms with van der Waals surface area (Å²) in [6.07, 6.45) is 5.70. The van der Waals surface area contributed by atoms with Gasteiger partial charge < -0.3 is 14.8 Å². The summed E-state index contributed by atoms with van der Waals surface area (Å²) in [5.74, 6) is 0.473. The number of hydrogen-bond donors (Lipinski definition) is 1. The van der Waals surface area contributed by atoms with Gasteiger partial charge in [-0.25, -0.2) is 4.39 Å². The van der Waals surface area contributed by atoms with E-state index in [4.69, 9.17) is 9.47 Å². The lowest BCUT2D eigenvalue weighted by Gasteiger charge is -2.48. The van der Waals surface area contributed by atoms with Crippen LogP contribution in [-0.2, 0) is 20.7 Å². The molecule has 28 heavy (non-hydrogen) atoms. The number of fused-ring (bicyclic) bond motifs is 2. The van der Waals surface area contributed by atoms with Gasteiger partial charge in [0.15, 0.2) is 0 Å². The normalized spacial score (nSPS) is 43.7. The smallest absolute Gasteiger partial charge is 0.315 e. The van der Waals surface area contributed by atoms with Gasteiger partial charge in [-0.3, -0.25) is 4.79 Å². The second-order valence-electron chi connectivity index (χ2n) is 9.74. The first-order valence-electron chi connectivity index (χ1n) is 10.9. The summed E-state index contributed by atoms with van der Waals surface area (Å²) < 4.78 is 25.4. The van der Waals surface area contributed by atoms with Crippen molar-refractivity contribution in [1.29, 1.82) is 0 Å². The van der Waals surface area contributed by atoms with Crippen LogP contribution in [0.25, 0.3) is 0 Å².